The average molecular weight is 975 g/mol. The zero-order chi connectivity index (χ0) is 49.3. The molecule has 1 N–H and O–H groups in total. The monoisotopic (exact) mass is 975 g/mol. The van der Waals surface area contributed by atoms with Crippen LogP contribution in [0.25, 0.3) is 0 Å². The molecule has 0 spiro atoms. The Labute approximate surface area is 300 Å². The summed E-state index contributed by atoms with van der Waals surface area (Å²) in [6, 6.07) is -4.73. The normalized spacial score (nSPS) is 16.4. The predicted molar refractivity (Wildman–Crippen MR) is 114 cm³/mol. The van der Waals surface area contributed by atoms with Gasteiger partial charge in [-0.25, -0.2) is 0 Å². The molecule has 0 aliphatic heterocycles. The number of rotatable bonds is 15. The molecule has 0 aromatic heterocycles. The number of aromatic hydroxyl groups is 1. The molecule has 4 nitrogen and oxygen atoms in total. The average Bonchev–Trinajstić information content (AvgIpc) is 3.02. The van der Waals surface area contributed by atoms with Crippen molar-refractivity contribution in [2.24, 2.45) is 0 Å². The lowest BCUT2D eigenvalue weighted by Crippen LogP contribution is -2.74. The van der Waals surface area contributed by atoms with Gasteiger partial charge in [-0.1, -0.05) is 0 Å². The topological polar surface area (TPSA) is 63.4 Å². The molecule has 0 heterocycles. The lowest BCUT2D eigenvalue weighted by atomic mass is 9.84. The van der Waals surface area contributed by atoms with E-state index in [2.05, 4.69) is 0 Å². The van der Waals surface area contributed by atoms with Gasteiger partial charge in [-0.3, -0.25) is 10.1 Å². The first-order valence-corrected chi connectivity index (χ1v) is 12.9. The highest BCUT2D eigenvalue weighted by Crippen LogP contribution is 2.68. The summed E-state index contributed by atoms with van der Waals surface area (Å²) in [6.07, 6.45) is -16.6. The van der Waals surface area contributed by atoms with Crippen molar-refractivity contribution < 1.29 is 159 Å². The first kappa shape index (κ1) is 54.1. The number of nitro benzene ring substituents is 1. The summed E-state index contributed by atoms with van der Waals surface area (Å²) in [5, 5.41) is 20.4. The Bertz CT molecular complexity index is 1800. The van der Waals surface area contributed by atoms with Crippen LogP contribution in [0.5, 0.6) is 5.75 Å². The fourth-order valence-electron chi connectivity index (χ4n) is 3.86. The van der Waals surface area contributed by atoms with Crippen molar-refractivity contribution >= 4 is 5.69 Å². The van der Waals surface area contributed by atoms with Gasteiger partial charge >= 0.3 is 101 Å². The largest absolute Gasteiger partial charge is 0.502 e. The molecular formula is C22H3F34NO3. The van der Waals surface area contributed by atoms with Gasteiger partial charge in [0.1, 0.15) is 0 Å². The maximum Gasteiger partial charge on any atom is 0.460 e. The minimum absolute atomic E-state index is 2.06. The maximum atomic E-state index is 14.8. The van der Waals surface area contributed by atoms with Crippen LogP contribution in [0.4, 0.5) is 155 Å². The quantitative estimate of drug-likeness (QED) is 0.108. The highest BCUT2D eigenvalue weighted by atomic mass is 19.4. The van der Waals surface area contributed by atoms with Gasteiger partial charge in [-0.2, -0.15) is 149 Å². The third-order valence-electron chi connectivity index (χ3n) is 7.43. The molecule has 0 aliphatic rings. The lowest BCUT2D eigenvalue weighted by molar-refractivity contribution is -0.463. The predicted octanol–water partition coefficient (Wildman–Crippen LogP) is 12.2. The highest BCUT2D eigenvalue weighted by molar-refractivity contribution is 5.57. The Balaban J connectivity index is 4.35. The Morgan fingerprint density at radius 3 is 0.800 bits per heavy atom. The molecule has 352 valence electrons. The summed E-state index contributed by atoms with van der Waals surface area (Å²) >= 11 is 0. The highest BCUT2D eigenvalue weighted by Gasteiger charge is 2.97. The number of phenolic OH excluding ortho intramolecular Hbond substituents is 1. The van der Waals surface area contributed by atoms with Gasteiger partial charge in [-0.15, -0.1) is 0 Å². The molecule has 38 heteroatoms. The van der Waals surface area contributed by atoms with Crippen LogP contribution in [-0.4, -0.2) is 93.5 Å². The number of nitro groups is 1. The van der Waals surface area contributed by atoms with E-state index >= 15 is 0 Å². The molecule has 0 saturated heterocycles. The number of phenols is 1. The Hall–Kier alpha value is -3.96. The number of hydrogen-bond donors (Lipinski definition) is 1. The second-order valence-corrected chi connectivity index (χ2v) is 11.2. The van der Waals surface area contributed by atoms with Crippen LogP contribution in [0.15, 0.2) is 12.1 Å². The van der Waals surface area contributed by atoms with Crippen LogP contribution in [0.3, 0.4) is 0 Å². The van der Waals surface area contributed by atoms with E-state index in [1.165, 1.54) is 0 Å². The summed E-state index contributed by atoms with van der Waals surface area (Å²) in [4.78, 5) is 7.96. The van der Waals surface area contributed by atoms with Crippen molar-refractivity contribution in [2.75, 3.05) is 0 Å². The van der Waals surface area contributed by atoms with Crippen molar-refractivity contribution in [3.63, 3.8) is 0 Å². The maximum absolute atomic E-state index is 14.8. The van der Waals surface area contributed by atoms with Gasteiger partial charge in [0.25, 0.3) is 0 Å². The summed E-state index contributed by atoms with van der Waals surface area (Å²) in [6.45, 7) is 0. The first-order valence-electron chi connectivity index (χ1n) is 12.9. The zero-order valence-electron chi connectivity index (χ0n) is 25.7. The molecule has 0 fully saturated rings. The van der Waals surface area contributed by atoms with Gasteiger partial charge in [-0.05, 0) is 6.07 Å². The van der Waals surface area contributed by atoms with Crippen molar-refractivity contribution in [1.82, 2.24) is 0 Å². The van der Waals surface area contributed by atoms with Gasteiger partial charge in [0.2, 0.25) is 5.75 Å². The molecule has 0 radical (unpaired) electrons. The fraction of sp³-hybridized carbons (Fsp3) is 0.727. The Morgan fingerprint density at radius 2 is 0.567 bits per heavy atom. The van der Waals surface area contributed by atoms with Crippen LogP contribution >= 0.6 is 0 Å². The summed E-state index contributed by atoms with van der Waals surface area (Å²) in [7, 11) is 0. The molecular weight excluding hydrogens is 972 g/mol. The molecule has 0 atom stereocenters. The van der Waals surface area contributed by atoms with E-state index < -0.39 is 135 Å². The van der Waals surface area contributed by atoms with E-state index in [0.717, 1.165) is 0 Å². The third-order valence-corrected chi connectivity index (χ3v) is 7.43. The molecule has 0 bridgehead atoms. The number of nitrogens with zero attached hydrogens (tertiary/aromatic N) is 1. The van der Waals surface area contributed by atoms with Crippen LogP contribution in [0, 0.1) is 10.1 Å². The molecule has 1 aromatic rings. The first-order chi connectivity index (χ1) is 25.4. The van der Waals surface area contributed by atoms with E-state index in [4.69, 9.17) is 0 Å². The molecule has 60 heavy (non-hydrogen) atoms. The van der Waals surface area contributed by atoms with Crippen LogP contribution in [0.1, 0.15) is 11.1 Å². The molecule has 0 aliphatic carbocycles. The second kappa shape index (κ2) is 13.5. The van der Waals surface area contributed by atoms with Gasteiger partial charge in [0.15, 0.2) is 0 Å². The van der Waals surface area contributed by atoms with Crippen molar-refractivity contribution in [2.45, 2.75) is 95.3 Å². The van der Waals surface area contributed by atoms with E-state index in [0.29, 0.717) is 0 Å². The number of halogens is 34. The summed E-state index contributed by atoms with van der Waals surface area (Å²) < 4.78 is 463. The standard InChI is InChI=1S/C22H3F34NO3/c23-7(24,9(27,28)11(31,32)13(35,36)15(39,40)17(43,44)19(47,48)21(51,52)53)3-1-4(6(58)5(2-3)57(59)60)8(25,26)10(29,30)12(33,34)14(37,38)16(41,42)18(45,46)20(49,50)22(54,55)56/h1-2,58H. The SMILES string of the molecule is O=[N+]([O-])c1cc(C(F)(F)C(F)(F)C(F)(F)C(F)(F)C(F)(F)C(F)(F)C(F)(F)C(F)(F)F)cc(C(F)(F)C(F)(F)C(F)(F)C(F)(F)C(F)(F)C(F)(F)C(F)(F)C(F)(F)F)c1O. The second-order valence-electron chi connectivity index (χ2n) is 11.2. The lowest BCUT2D eigenvalue weighted by Gasteiger charge is -2.43. The fourth-order valence-corrected chi connectivity index (χ4v) is 3.86. The Kier molecular flexibility index (Phi) is 12.2. The number of alkyl halides is 34. The number of benzene rings is 1. The van der Waals surface area contributed by atoms with Gasteiger partial charge < -0.3 is 5.11 Å². The third kappa shape index (κ3) is 6.41. The molecule has 1 aromatic carbocycles. The summed E-state index contributed by atoms with van der Waals surface area (Å²) in [5.74, 6) is -132. The van der Waals surface area contributed by atoms with Crippen LogP contribution in [0.2, 0.25) is 0 Å². The van der Waals surface area contributed by atoms with E-state index in [1.54, 1.807) is 0 Å². The molecule has 0 amide bonds. The molecule has 0 saturated carbocycles. The molecule has 0 unspecified atom stereocenters. The smallest absolute Gasteiger partial charge is 0.460 e. The van der Waals surface area contributed by atoms with E-state index in [-0.39, 0.29) is 0 Å². The van der Waals surface area contributed by atoms with Gasteiger partial charge in [0.05, 0.1) is 10.5 Å². The van der Waals surface area contributed by atoms with Crippen LogP contribution in [-0.2, 0) is 11.8 Å². The minimum atomic E-state index is -9.58. The Morgan fingerprint density at radius 1 is 0.350 bits per heavy atom. The van der Waals surface area contributed by atoms with Crippen LogP contribution < -0.4 is 0 Å². The van der Waals surface area contributed by atoms with E-state index in [9.17, 15) is 164 Å². The minimum Gasteiger partial charge on any atom is -0.502 e. The van der Waals surface area contributed by atoms with Crippen molar-refractivity contribution in [3.8, 4) is 5.75 Å². The van der Waals surface area contributed by atoms with Crippen molar-refractivity contribution in [3.05, 3.63) is 33.4 Å². The zero-order valence-corrected chi connectivity index (χ0v) is 25.7. The summed E-state index contributed by atoms with van der Waals surface area (Å²) in [5.41, 5.74) is -13.0. The molecule has 1 rings (SSSR count). The van der Waals surface area contributed by atoms with Gasteiger partial charge in [0, 0.05) is 11.6 Å². The van der Waals surface area contributed by atoms with E-state index in [1.807, 2.05) is 0 Å². The van der Waals surface area contributed by atoms with Crippen molar-refractivity contribution in [1.29, 1.82) is 0 Å². The number of hydrogen-bond acceptors (Lipinski definition) is 3.